The second-order valence-electron chi connectivity index (χ2n) is 12.6. The molecule has 0 amide bonds. The smallest absolute Gasteiger partial charge is 0.307 e. The minimum atomic E-state index is -1.97. The van der Waals surface area contributed by atoms with Crippen LogP contribution in [0, 0.1) is 34.5 Å². The van der Waals surface area contributed by atoms with E-state index < -0.39 is 34.1 Å². The van der Waals surface area contributed by atoms with Crippen LogP contribution in [0.15, 0.2) is 23.8 Å². The van der Waals surface area contributed by atoms with E-state index in [2.05, 4.69) is 0 Å². The molecule has 0 spiro atoms. The van der Waals surface area contributed by atoms with Crippen molar-refractivity contribution in [2.45, 2.75) is 102 Å². The molecule has 1 unspecified atom stereocenters. The molecule has 0 aromatic rings. The number of aliphatic hydroxyl groups excluding tert-OH is 2. The molecular formula is C29H39FO5S. The highest BCUT2D eigenvalue weighted by Crippen LogP contribution is 2.71. The highest BCUT2D eigenvalue weighted by Gasteiger charge is 2.76. The van der Waals surface area contributed by atoms with Crippen molar-refractivity contribution in [3.05, 3.63) is 23.8 Å². The molecule has 0 aliphatic heterocycles. The molecule has 5 rings (SSSR count). The zero-order chi connectivity index (χ0) is 26.1. The quantitative estimate of drug-likeness (QED) is 0.365. The maximum absolute atomic E-state index is 17.4. The highest BCUT2D eigenvalue weighted by molar-refractivity contribution is 7.80. The second kappa shape index (κ2) is 8.72. The van der Waals surface area contributed by atoms with Gasteiger partial charge in [-0.15, -0.1) is 0 Å². The summed E-state index contributed by atoms with van der Waals surface area (Å²) in [4.78, 5) is 25.3. The van der Waals surface area contributed by atoms with Gasteiger partial charge < -0.3 is 14.9 Å². The third-order valence-electron chi connectivity index (χ3n) is 11.0. The number of thiocarbonyl (C=S) groups is 1. The van der Waals surface area contributed by atoms with Crippen molar-refractivity contribution in [2.24, 2.45) is 34.5 Å². The monoisotopic (exact) mass is 518 g/mol. The Morgan fingerprint density at radius 2 is 1.89 bits per heavy atom. The van der Waals surface area contributed by atoms with E-state index in [1.807, 2.05) is 13.8 Å². The number of esters is 1. The number of hydrogen-bond donors (Lipinski definition) is 2. The van der Waals surface area contributed by atoms with Crippen molar-refractivity contribution in [1.29, 1.82) is 0 Å². The molecule has 2 N–H and O–H groups in total. The van der Waals surface area contributed by atoms with Crippen molar-refractivity contribution in [3.8, 4) is 0 Å². The number of rotatable bonds is 4. The Kier molecular flexibility index (Phi) is 6.31. The third-order valence-corrected chi connectivity index (χ3v) is 11.3. The lowest BCUT2D eigenvalue weighted by Crippen LogP contribution is -2.69. The summed E-state index contributed by atoms with van der Waals surface area (Å²) in [6.07, 6.45) is 10.5. The normalized spacial score (nSPS) is 46.4. The Balaban J connectivity index is 1.50. The summed E-state index contributed by atoms with van der Waals surface area (Å²) in [5.41, 5.74) is -4.69. The lowest BCUT2D eigenvalue weighted by Gasteiger charge is -2.62. The number of ketones is 1. The van der Waals surface area contributed by atoms with Gasteiger partial charge in [0, 0.05) is 29.1 Å². The number of carbonyl (C=O) groups excluding carboxylic acids is 2. The third kappa shape index (κ3) is 3.37. The van der Waals surface area contributed by atoms with Crippen LogP contribution in [0.2, 0.25) is 0 Å². The molecule has 5 aliphatic carbocycles. The van der Waals surface area contributed by atoms with Gasteiger partial charge in [-0.2, -0.15) is 0 Å². The fourth-order valence-electron chi connectivity index (χ4n) is 9.10. The standard InChI is InChI=1S/C29H39FO5S/c1-17-13-22-21-10-9-19-15-20(31)11-12-26(19,2)28(21,30)23(32)16-27(22,3)29(17,25(34)36)35-24(33)14-18-7-5-4-6-8-18/h11-12,15,17-18,21-23,32H,4-10,13-14,16H2,1-3H3,(H,34,36)/t17-,21-,22-,23-,26-,27-,28?,29-/m0/s1. The Bertz CT molecular complexity index is 1030. The predicted octanol–water partition coefficient (Wildman–Crippen LogP) is 5.74. The summed E-state index contributed by atoms with van der Waals surface area (Å²) in [5, 5.41) is 22.1. The van der Waals surface area contributed by atoms with Crippen LogP contribution in [0.1, 0.15) is 85.0 Å². The summed E-state index contributed by atoms with van der Waals surface area (Å²) in [6, 6.07) is 0. The topological polar surface area (TPSA) is 83.8 Å². The molecule has 36 heavy (non-hydrogen) atoms. The van der Waals surface area contributed by atoms with E-state index in [9.17, 15) is 19.8 Å². The van der Waals surface area contributed by atoms with Gasteiger partial charge >= 0.3 is 5.97 Å². The molecule has 4 fully saturated rings. The van der Waals surface area contributed by atoms with Gasteiger partial charge in [0.25, 0.3) is 0 Å². The SMILES string of the molecule is C[C@H]1C[C@H]2[C@@H]3CCC4=CC(=O)C=C[C@]4(C)C3(F)[C@@H](O)C[C@]2(C)[C@@]1(OC(=O)CC1CCCCC1)C(O)=S. The summed E-state index contributed by atoms with van der Waals surface area (Å²) in [5.74, 6) is -1.34. The number of alkyl halides is 1. The largest absolute Gasteiger partial charge is 0.499 e. The van der Waals surface area contributed by atoms with Crippen molar-refractivity contribution >= 4 is 29.0 Å². The highest BCUT2D eigenvalue weighted by atomic mass is 32.1. The number of halogens is 1. The van der Waals surface area contributed by atoms with Crippen LogP contribution in [0.5, 0.6) is 0 Å². The van der Waals surface area contributed by atoms with Gasteiger partial charge in [0.05, 0.1) is 6.10 Å². The molecule has 0 aromatic heterocycles. The maximum atomic E-state index is 17.4. The zero-order valence-corrected chi connectivity index (χ0v) is 22.4. The summed E-state index contributed by atoms with van der Waals surface area (Å²) in [6.45, 7) is 5.61. The van der Waals surface area contributed by atoms with Crippen molar-refractivity contribution in [3.63, 3.8) is 0 Å². The number of allylic oxidation sites excluding steroid dienone is 4. The van der Waals surface area contributed by atoms with Crippen LogP contribution in [-0.2, 0) is 14.3 Å². The van der Waals surface area contributed by atoms with Crippen LogP contribution in [0.4, 0.5) is 4.39 Å². The van der Waals surface area contributed by atoms with E-state index in [1.165, 1.54) is 18.6 Å². The molecule has 0 saturated heterocycles. The Labute approximate surface area is 218 Å². The maximum Gasteiger partial charge on any atom is 0.307 e. The van der Waals surface area contributed by atoms with Gasteiger partial charge in [-0.05, 0) is 81.7 Å². The molecule has 5 nitrogen and oxygen atoms in total. The van der Waals surface area contributed by atoms with E-state index >= 15 is 4.39 Å². The molecule has 0 radical (unpaired) electrons. The zero-order valence-electron chi connectivity index (χ0n) is 21.6. The Morgan fingerprint density at radius 3 is 2.56 bits per heavy atom. The van der Waals surface area contributed by atoms with Gasteiger partial charge in [-0.3, -0.25) is 9.59 Å². The van der Waals surface area contributed by atoms with Crippen LogP contribution >= 0.6 is 12.2 Å². The van der Waals surface area contributed by atoms with Crippen LogP contribution in [0.25, 0.3) is 0 Å². The number of fused-ring (bicyclic) bond motifs is 5. The van der Waals surface area contributed by atoms with Crippen molar-refractivity contribution in [1.82, 2.24) is 0 Å². The minimum absolute atomic E-state index is 0.0110. The van der Waals surface area contributed by atoms with E-state index in [1.54, 1.807) is 13.0 Å². The second-order valence-corrected chi connectivity index (χ2v) is 13.0. The Hall–Kier alpha value is -1.60. The van der Waals surface area contributed by atoms with Crippen LogP contribution < -0.4 is 0 Å². The van der Waals surface area contributed by atoms with Crippen molar-refractivity contribution < 1.29 is 28.9 Å². The lowest BCUT2D eigenvalue weighted by molar-refractivity contribution is -0.218. The molecule has 8 atom stereocenters. The van der Waals surface area contributed by atoms with Gasteiger partial charge in [0.2, 0.25) is 5.05 Å². The van der Waals surface area contributed by atoms with Gasteiger partial charge in [0.15, 0.2) is 17.1 Å². The summed E-state index contributed by atoms with van der Waals surface area (Å²) in [7, 11) is 0. The number of ether oxygens (including phenoxy) is 1. The first kappa shape index (κ1) is 26.0. The average Bonchev–Trinajstić information content (AvgIpc) is 3.03. The molecule has 0 heterocycles. The molecule has 5 aliphatic rings. The fraction of sp³-hybridized carbons (Fsp3) is 0.759. The molecule has 0 aromatic carbocycles. The van der Waals surface area contributed by atoms with E-state index in [-0.39, 0.29) is 41.0 Å². The number of carbonyl (C=O) groups is 2. The molecule has 198 valence electrons. The Morgan fingerprint density at radius 1 is 1.19 bits per heavy atom. The average molecular weight is 519 g/mol. The molecule has 7 heteroatoms. The molecule has 4 saturated carbocycles. The van der Waals surface area contributed by atoms with E-state index in [4.69, 9.17) is 17.0 Å². The molecular weight excluding hydrogens is 479 g/mol. The van der Waals surface area contributed by atoms with E-state index in [0.717, 1.165) is 31.3 Å². The molecule has 0 bridgehead atoms. The number of aliphatic hydroxyl groups is 2. The lowest BCUT2D eigenvalue weighted by atomic mass is 9.45. The van der Waals surface area contributed by atoms with Crippen LogP contribution in [-0.4, -0.2) is 44.4 Å². The first-order valence-electron chi connectivity index (χ1n) is 13.7. The first-order valence-corrected chi connectivity index (χ1v) is 14.1. The predicted molar refractivity (Wildman–Crippen MR) is 138 cm³/mol. The van der Waals surface area contributed by atoms with Gasteiger partial charge in [0.1, 0.15) is 0 Å². The summed E-state index contributed by atoms with van der Waals surface area (Å²) >= 11 is 5.39. The number of hydrogen-bond acceptors (Lipinski definition) is 5. The fourth-order valence-corrected chi connectivity index (χ4v) is 9.57. The van der Waals surface area contributed by atoms with Crippen LogP contribution in [0.3, 0.4) is 0 Å². The first-order chi connectivity index (χ1) is 16.9. The van der Waals surface area contributed by atoms with Gasteiger partial charge in [-0.1, -0.05) is 44.8 Å². The van der Waals surface area contributed by atoms with Crippen molar-refractivity contribution in [2.75, 3.05) is 0 Å². The summed E-state index contributed by atoms with van der Waals surface area (Å²) < 4.78 is 23.6. The van der Waals surface area contributed by atoms with E-state index in [0.29, 0.717) is 25.7 Å². The van der Waals surface area contributed by atoms with Gasteiger partial charge in [-0.25, -0.2) is 4.39 Å². The minimum Gasteiger partial charge on any atom is -0.499 e.